The summed E-state index contributed by atoms with van der Waals surface area (Å²) in [6.07, 6.45) is 0.904. The molecule has 0 bridgehead atoms. The highest BCUT2D eigenvalue weighted by molar-refractivity contribution is 6.10. The largest absolute Gasteiger partial charge is 0.497 e. The van der Waals surface area contributed by atoms with E-state index in [-0.39, 0.29) is 5.91 Å². The van der Waals surface area contributed by atoms with Gasteiger partial charge < -0.3 is 15.0 Å². The summed E-state index contributed by atoms with van der Waals surface area (Å²) in [4.78, 5) is 14.7. The molecule has 0 saturated carbocycles. The molecule has 4 heteroatoms. The number of anilines is 2. The number of rotatable bonds is 3. The first-order valence-corrected chi connectivity index (χ1v) is 7.00. The summed E-state index contributed by atoms with van der Waals surface area (Å²) < 4.78 is 5.24. The van der Waals surface area contributed by atoms with Gasteiger partial charge in [0.25, 0.3) is 5.91 Å². The minimum atomic E-state index is 0.00296. The highest BCUT2D eigenvalue weighted by atomic mass is 16.5. The summed E-state index contributed by atoms with van der Waals surface area (Å²) in [5, 5.41) is 3.07. The standard InChI is InChI=1S/C17H18N2O2/c1-18-15-8-7-13(21-2)11-14(15)17(20)19-10-9-12-5-3-4-6-16(12)19/h3-8,11,18H,9-10H2,1-2H3. The van der Waals surface area contributed by atoms with Gasteiger partial charge in [0.15, 0.2) is 0 Å². The predicted octanol–water partition coefficient (Wildman–Crippen LogP) is 2.94. The molecule has 0 saturated heterocycles. The summed E-state index contributed by atoms with van der Waals surface area (Å²) in [6, 6.07) is 13.6. The van der Waals surface area contributed by atoms with Crippen LogP contribution in [0.3, 0.4) is 0 Å². The van der Waals surface area contributed by atoms with E-state index >= 15 is 0 Å². The molecule has 1 N–H and O–H groups in total. The summed E-state index contributed by atoms with van der Waals surface area (Å²) in [5.74, 6) is 0.688. The fourth-order valence-corrected chi connectivity index (χ4v) is 2.74. The third kappa shape index (κ3) is 2.33. The molecule has 0 unspecified atom stereocenters. The van der Waals surface area contributed by atoms with Gasteiger partial charge in [0, 0.05) is 25.0 Å². The molecular weight excluding hydrogens is 264 g/mol. The monoisotopic (exact) mass is 282 g/mol. The first-order valence-electron chi connectivity index (χ1n) is 7.00. The lowest BCUT2D eigenvalue weighted by Gasteiger charge is -2.19. The summed E-state index contributed by atoms with van der Waals surface area (Å²) in [7, 11) is 3.42. The first kappa shape index (κ1) is 13.5. The van der Waals surface area contributed by atoms with Crippen LogP contribution in [0.1, 0.15) is 15.9 Å². The number of nitrogens with one attached hydrogen (secondary N) is 1. The molecular formula is C17H18N2O2. The van der Waals surface area contributed by atoms with Crippen LogP contribution < -0.4 is 15.0 Å². The predicted molar refractivity (Wildman–Crippen MR) is 84.4 cm³/mol. The Labute approximate surface area is 124 Å². The summed E-state index contributed by atoms with van der Waals surface area (Å²) in [6.45, 7) is 0.721. The van der Waals surface area contributed by atoms with Crippen LogP contribution in [0.4, 0.5) is 11.4 Å². The van der Waals surface area contributed by atoms with Crippen molar-refractivity contribution < 1.29 is 9.53 Å². The van der Waals surface area contributed by atoms with Crippen molar-refractivity contribution in [1.29, 1.82) is 0 Å². The van der Waals surface area contributed by atoms with Crippen LogP contribution in [0.2, 0.25) is 0 Å². The fraction of sp³-hybridized carbons (Fsp3) is 0.235. The average molecular weight is 282 g/mol. The Kier molecular flexibility index (Phi) is 3.52. The Hall–Kier alpha value is -2.49. The van der Waals surface area contributed by atoms with Crippen molar-refractivity contribution in [3.8, 4) is 5.75 Å². The van der Waals surface area contributed by atoms with Gasteiger partial charge >= 0.3 is 0 Å². The Bertz CT molecular complexity index is 682. The fourth-order valence-electron chi connectivity index (χ4n) is 2.74. The van der Waals surface area contributed by atoms with Crippen molar-refractivity contribution in [1.82, 2.24) is 0 Å². The molecule has 1 aliphatic rings. The van der Waals surface area contributed by atoms with Crippen LogP contribution in [-0.4, -0.2) is 26.6 Å². The third-order valence-corrected chi connectivity index (χ3v) is 3.86. The molecule has 0 radical (unpaired) electrons. The van der Waals surface area contributed by atoms with Gasteiger partial charge in [0.2, 0.25) is 0 Å². The molecule has 1 heterocycles. The second kappa shape index (κ2) is 5.48. The molecule has 4 nitrogen and oxygen atoms in total. The Morgan fingerprint density at radius 3 is 2.81 bits per heavy atom. The van der Waals surface area contributed by atoms with Crippen LogP contribution in [0.25, 0.3) is 0 Å². The minimum Gasteiger partial charge on any atom is -0.497 e. The van der Waals surface area contributed by atoms with Crippen LogP contribution >= 0.6 is 0 Å². The molecule has 0 aliphatic carbocycles. The maximum absolute atomic E-state index is 12.9. The van der Waals surface area contributed by atoms with Gasteiger partial charge in [-0.3, -0.25) is 4.79 Å². The molecule has 2 aromatic carbocycles. The van der Waals surface area contributed by atoms with E-state index in [4.69, 9.17) is 4.74 Å². The van der Waals surface area contributed by atoms with Gasteiger partial charge in [-0.05, 0) is 36.2 Å². The lowest BCUT2D eigenvalue weighted by Crippen LogP contribution is -2.29. The number of hydrogen-bond acceptors (Lipinski definition) is 3. The topological polar surface area (TPSA) is 41.6 Å². The Morgan fingerprint density at radius 1 is 1.24 bits per heavy atom. The third-order valence-electron chi connectivity index (χ3n) is 3.86. The first-order chi connectivity index (χ1) is 10.2. The molecule has 0 spiro atoms. The maximum atomic E-state index is 12.9. The molecule has 3 rings (SSSR count). The van der Waals surface area contributed by atoms with Crippen LogP contribution in [0.5, 0.6) is 5.75 Å². The zero-order valence-corrected chi connectivity index (χ0v) is 12.2. The molecule has 0 aromatic heterocycles. The number of nitrogens with zero attached hydrogens (tertiary/aromatic N) is 1. The molecule has 1 aliphatic heterocycles. The van der Waals surface area contributed by atoms with Crippen molar-refractivity contribution in [3.05, 3.63) is 53.6 Å². The van der Waals surface area contributed by atoms with E-state index in [9.17, 15) is 4.79 Å². The highest BCUT2D eigenvalue weighted by Crippen LogP contribution is 2.31. The van der Waals surface area contributed by atoms with E-state index in [2.05, 4.69) is 11.4 Å². The molecule has 2 aromatic rings. The van der Waals surface area contributed by atoms with Gasteiger partial charge in [-0.1, -0.05) is 18.2 Å². The van der Waals surface area contributed by atoms with Crippen molar-refractivity contribution >= 4 is 17.3 Å². The number of amides is 1. The number of para-hydroxylation sites is 1. The second-order valence-corrected chi connectivity index (χ2v) is 5.00. The van der Waals surface area contributed by atoms with Crippen LogP contribution in [0, 0.1) is 0 Å². The van der Waals surface area contributed by atoms with Gasteiger partial charge in [-0.15, -0.1) is 0 Å². The average Bonchev–Trinajstić information content (AvgIpc) is 2.97. The molecule has 0 atom stereocenters. The zero-order chi connectivity index (χ0) is 14.8. The van der Waals surface area contributed by atoms with E-state index < -0.39 is 0 Å². The summed E-state index contributed by atoms with van der Waals surface area (Å²) >= 11 is 0. The van der Waals surface area contributed by atoms with Crippen molar-refractivity contribution in [2.75, 3.05) is 30.9 Å². The van der Waals surface area contributed by atoms with E-state index in [0.717, 1.165) is 24.3 Å². The maximum Gasteiger partial charge on any atom is 0.260 e. The zero-order valence-electron chi connectivity index (χ0n) is 12.2. The van der Waals surface area contributed by atoms with Crippen molar-refractivity contribution in [3.63, 3.8) is 0 Å². The van der Waals surface area contributed by atoms with Crippen molar-refractivity contribution in [2.45, 2.75) is 6.42 Å². The van der Waals surface area contributed by atoms with E-state index in [1.54, 1.807) is 13.2 Å². The molecule has 1 amide bonds. The van der Waals surface area contributed by atoms with E-state index in [1.165, 1.54) is 5.56 Å². The number of fused-ring (bicyclic) bond motifs is 1. The minimum absolute atomic E-state index is 0.00296. The lowest BCUT2D eigenvalue weighted by atomic mass is 10.1. The summed E-state index contributed by atoms with van der Waals surface area (Å²) in [5.41, 5.74) is 3.67. The van der Waals surface area contributed by atoms with Gasteiger partial charge in [0.1, 0.15) is 5.75 Å². The number of carbonyl (C=O) groups excluding carboxylic acids is 1. The second-order valence-electron chi connectivity index (χ2n) is 5.00. The highest BCUT2D eigenvalue weighted by Gasteiger charge is 2.26. The smallest absolute Gasteiger partial charge is 0.260 e. The van der Waals surface area contributed by atoms with Crippen molar-refractivity contribution in [2.24, 2.45) is 0 Å². The Morgan fingerprint density at radius 2 is 2.05 bits per heavy atom. The molecule has 0 fully saturated rings. The number of benzene rings is 2. The number of carbonyl (C=O) groups is 1. The van der Waals surface area contributed by atoms with Crippen LogP contribution in [-0.2, 0) is 6.42 Å². The lowest BCUT2D eigenvalue weighted by molar-refractivity contribution is 0.0990. The van der Waals surface area contributed by atoms with Gasteiger partial charge in [0.05, 0.1) is 12.7 Å². The number of ether oxygens (including phenoxy) is 1. The SMILES string of the molecule is CNc1ccc(OC)cc1C(=O)N1CCc2ccccc21. The van der Waals surface area contributed by atoms with E-state index in [0.29, 0.717) is 11.3 Å². The van der Waals surface area contributed by atoms with Crippen LogP contribution in [0.15, 0.2) is 42.5 Å². The van der Waals surface area contributed by atoms with Gasteiger partial charge in [-0.2, -0.15) is 0 Å². The quantitative estimate of drug-likeness (QED) is 0.941. The number of hydrogen-bond donors (Lipinski definition) is 1. The molecule has 21 heavy (non-hydrogen) atoms. The van der Waals surface area contributed by atoms with E-state index in [1.807, 2.05) is 42.3 Å². The Balaban J connectivity index is 2.00. The normalized spacial score (nSPS) is 13.0. The van der Waals surface area contributed by atoms with Gasteiger partial charge in [-0.25, -0.2) is 0 Å². The number of methoxy groups -OCH3 is 1. The molecule has 108 valence electrons.